The molecule has 2 heterocycles. The Balaban J connectivity index is 1.95. The number of likely N-dealkylation sites (tertiary alicyclic amines) is 2. The molecule has 0 N–H and O–H groups in total. The number of rotatable bonds is 2. The van der Waals surface area contributed by atoms with Gasteiger partial charge >= 0.3 is 12.3 Å². The van der Waals surface area contributed by atoms with Crippen LogP contribution in [0.25, 0.3) is 0 Å². The third-order valence-electron chi connectivity index (χ3n) is 4.78. The number of halogens is 3. The Hall–Kier alpha value is -1.47. The number of carbonyl (C=O) groups excluding carboxylic acids is 2. The summed E-state index contributed by atoms with van der Waals surface area (Å²) in [6.07, 6.45) is -3.65. The van der Waals surface area contributed by atoms with E-state index < -0.39 is 24.9 Å². The molecule has 2 rings (SSSR count). The molecule has 0 saturated carbocycles. The summed E-state index contributed by atoms with van der Waals surface area (Å²) >= 11 is 0. The minimum Gasteiger partial charge on any atom is -0.440 e. The molecule has 8 heteroatoms. The van der Waals surface area contributed by atoms with E-state index in [2.05, 4.69) is 18.6 Å². The first-order chi connectivity index (χ1) is 10.7. The van der Waals surface area contributed by atoms with E-state index in [-0.39, 0.29) is 12.5 Å². The molecular weight excluding hydrogens is 313 g/mol. The van der Waals surface area contributed by atoms with Crippen molar-refractivity contribution in [2.45, 2.75) is 45.3 Å². The lowest BCUT2D eigenvalue weighted by molar-refractivity contribution is -0.163. The van der Waals surface area contributed by atoms with E-state index in [0.29, 0.717) is 37.8 Å². The molecule has 0 unspecified atom stereocenters. The smallest absolute Gasteiger partial charge is 0.422 e. The number of nitrogens with zero attached hydrogens (tertiary/aromatic N) is 2. The predicted octanol–water partition coefficient (Wildman–Crippen LogP) is 2.65. The predicted molar refractivity (Wildman–Crippen MR) is 76.7 cm³/mol. The van der Waals surface area contributed by atoms with Crippen LogP contribution in [0.5, 0.6) is 0 Å². The lowest BCUT2D eigenvalue weighted by Crippen LogP contribution is -2.51. The minimum absolute atomic E-state index is 0.176. The normalized spacial score (nSPS) is 28.8. The molecule has 0 aromatic rings. The summed E-state index contributed by atoms with van der Waals surface area (Å²) in [7, 11) is 0. The van der Waals surface area contributed by atoms with E-state index in [0.717, 1.165) is 11.3 Å². The third-order valence-corrected chi connectivity index (χ3v) is 4.78. The van der Waals surface area contributed by atoms with Gasteiger partial charge in [0.05, 0.1) is 0 Å². The van der Waals surface area contributed by atoms with Crippen LogP contribution >= 0.6 is 0 Å². The summed E-state index contributed by atoms with van der Waals surface area (Å²) in [5.41, 5.74) is 0. The fraction of sp³-hybridized carbons (Fsp3) is 0.867. The van der Waals surface area contributed by atoms with Crippen LogP contribution in [0, 0.1) is 11.8 Å². The van der Waals surface area contributed by atoms with Crippen molar-refractivity contribution in [1.29, 1.82) is 0 Å². The van der Waals surface area contributed by atoms with Gasteiger partial charge in [-0.2, -0.15) is 13.2 Å². The second-order valence-corrected chi connectivity index (χ2v) is 6.55. The Labute approximate surface area is 133 Å². The van der Waals surface area contributed by atoms with E-state index in [1.807, 2.05) is 0 Å². The van der Waals surface area contributed by atoms with Crippen molar-refractivity contribution in [1.82, 2.24) is 9.80 Å². The second-order valence-electron chi connectivity index (χ2n) is 6.55. The molecule has 0 aromatic heterocycles. The van der Waals surface area contributed by atoms with Crippen molar-refractivity contribution < 1.29 is 27.5 Å². The number of hydrogen-bond donors (Lipinski definition) is 0. The van der Waals surface area contributed by atoms with Crippen molar-refractivity contribution in [2.24, 2.45) is 11.8 Å². The fourth-order valence-electron chi connectivity index (χ4n) is 3.14. The summed E-state index contributed by atoms with van der Waals surface area (Å²) in [6, 6.07) is -0.698. The quantitative estimate of drug-likeness (QED) is 0.779. The molecule has 0 spiro atoms. The highest BCUT2D eigenvalue weighted by molar-refractivity contribution is 5.86. The van der Waals surface area contributed by atoms with Crippen molar-refractivity contribution in [2.75, 3.05) is 26.2 Å². The number of hydrogen-bond acceptors (Lipinski definition) is 3. The van der Waals surface area contributed by atoms with Gasteiger partial charge in [0, 0.05) is 19.6 Å². The molecule has 132 valence electrons. The average Bonchev–Trinajstić information content (AvgIpc) is 2.95. The summed E-state index contributed by atoms with van der Waals surface area (Å²) in [5, 5.41) is 0. The van der Waals surface area contributed by atoms with Gasteiger partial charge < -0.3 is 9.64 Å². The molecule has 0 bridgehead atoms. The Bertz CT molecular complexity index is 456. The molecule has 5 nitrogen and oxygen atoms in total. The van der Waals surface area contributed by atoms with E-state index >= 15 is 0 Å². The number of piperidine rings is 1. The molecule has 2 fully saturated rings. The molecule has 3 atom stereocenters. The topological polar surface area (TPSA) is 49.9 Å². The maximum Gasteiger partial charge on any atom is 0.422 e. The van der Waals surface area contributed by atoms with Crippen LogP contribution in [0.2, 0.25) is 0 Å². The summed E-state index contributed by atoms with van der Waals surface area (Å²) in [5.74, 6) is 0.737. The van der Waals surface area contributed by atoms with E-state index in [9.17, 15) is 22.8 Å². The Morgan fingerprint density at radius 1 is 1.13 bits per heavy atom. The minimum atomic E-state index is -4.56. The van der Waals surface area contributed by atoms with Crippen LogP contribution in [-0.4, -0.2) is 60.3 Å². The van der Waals surface area contributed by atoms with Crippen molar-refractivity contribution in [3.8, 4) is 0 Å². The number of alkyl halides is 3. The Kier molecular flexibility index (Phi) is 5.41. The SMILES string of the molecule is C[C@@H]1CCN(C(=O)[C@H]2CCCN2C(=O)OCC(F)(F)F)C[C@@H]1C. The largest absolute Gasteiger partial charge is 0.440 e. The van der Waals surface area contributed by atoms with E-state index in [1.54, 1.807) is 4.90 Å². The van der Waals surface area contributed by atoms with Gasteiger partial charge in [-0.1, -0.05) is 13.8 Å². The van der Waals surface area contributed by atoms with Gasteiger partial charge in [-0.25, -0.2) is 4.79 Å². The number of amides is 2. The summed E-state index contributed by atoms with van der Waals surface area (Å²) in [4.78, 5) is 27.3. The highest BCUT2D eigenvalue weighted by atomic mass is 19.4. The number of ether oxygens (including phenoxy) is 1. The summed E-state index contributed by atoms with van der Waals surface area (Å²) in [6.45, 7) is 4.11. The molecule has 23 heavy (non-hydrogen) atoms. The van der Waals surface area contributed by atoms with Crippen LogP contribution in [0.15, 0.2) is 0 Å². The van der Waals surface area contributed by atoms with Gasteiger partial charge in [0.25, 0.3) is 0 Å². The third kappa shape index (κ3) is 4.51. The highest BCUT2D eigenvalue weighted by Gasteiger charge is 2.40. The van der Waals surface area contributed by atoms with Crippen molar-refractivity contribution in [3.63, 3.8) is 0 Å². The van der Waals surface area contributed by atoms with Gasteiger partial charge in [-0.05, 0) is 31.1 Å². The molecule has 2 aliphatic rings. The zero-order valence-corrected chi connectivity index (χ0v) is 13.4. The first kappa shape index (κ1) is 17.9. The Morgan fingerprint density at radius 3 is 2.43 bits per heavy atom. The van der Waals surface area contributed by atoms with Crippen LogP contribution in [-0.2, 0) is 9.53 Å². The Morgan fingerprint density at radius 2 is 1.83 bits per heavy atom. The van der Waals surface area contributed by atoms with Crippen LogP contribution in [0.3, 0.4) is 0 Å². The maximum atomic E-state index is 12.6. The molecule has 0 radical (unpaired) electrons. The van der Waals surface area contributed by atoms with E-state index in [4.69, 9.17) is 0 Å². The number of carbonyl (C=O) groups is 2. The monoisotopic (exact) mass is 336 g/mol. The van der Waals surface area contributed by atoms with Crippen molar-refractivity contribution in [3.05, 3.63) is 0 Å². The lowest BCUT2D eigenvalue weighted by atomic mass is 9.88. The van der Waals surface area contributed by atoms with Gasteiger partial charge in [-0.3, -0.25) is 9.69 Å². The molecule has 0 aliphatic carbocycles. The fourth-order valence-corrected chi connectivity index (χ4v) is 3.14. The van der Waals surface area contributed by atoms with Gasteiger partial charge in [0.2, 0.25) is 5.91 Å². The van der Waals surface area contributed by atoms with E-state index in [1.165, 1.54) is 0 Å². The molecule has 0 aromatic carbocycles. The van der Waals surface area contributed by atoms with Gasteiger partial charge in [-0.15, -0.1) is 0 Å². The maximum absolute atomic E-state index is 12.6. The molecule has 2 amide bonds. The van der Waals surface area contributed by atoms with Gasteiger partial charge in [0.15, 0.2) is 6.61 Å². The molecule has 2 aliphatic heterocycles. The van der Waals surface area contributed by atoms with Crippen LogP contribution in [0.4, 0.5) is 18.0 Å². The van der Waals surface area contributed by atoms with Gasteiger partial charge in [0.1, 0.15) is 6.04 Å². The van der Waals surface area contributed by atoms with Crippen molar-refractivity contribution >= 4 is 12.0 Å². The molecular formula is C15H23F3N2O3. The first-order valence-corrected chi connectivity index (χ1v) is 7.98. The zero-order valence-electron chi connectivity index (χ0n) is 13.4. The average molecular weight is 336 g/mol. The van der Waals surface area contributed by atoms with Crippen LogP contribution < -0.4 is 0 Å². The zero-order chi connectivity index (χ0) is 17.2. The van der Waals surface area contributed by atoms with Crippen LogP contribution in [0.1, 0.15) is 33.1 Å². The lowest BCUT2D eigenvalue weighted by Gasteiger charge is -2.37. The highest BCUT2D eigenvalue weighted by Crippen LogP contribution is 2.27. The second kappa shape index (κ2) is 6.97. The summed E-state index contributed by atoms with van der Waals surface area (Å²) < 4.78 is 40.8. The standard InChI is InChI=1S/C15H23F3N2O3/c1-10-5-7-19(8-11(10)2)13(21)12-4-3-6-20(12)14(22)23-9-15(16,17)18/h10-12H,3-9H2,1-2H3/t10-,11+,12-/m1/s1. The molecule has 2 saturated heterocycles. The first-order valence-electron chi connectivity index (χ1n) is 7.98.